The van der Waals surface area contributed by atoms with Gasteiger partial charge < -0.3 is 20.1 Å². The summed E-state index contributed by atoms with van der Waals surface area (Å²) in [4.78, 5) is 12.3. The molecular formula is C16H24N2O3. The fourth-order valence-corrected chi connectivity index (χ4v) is 2.67. The molecule has 1 aliphatic heterocycles. The molecule has 0 aliphatic carbocycles. The molecule has 5 nitrogen and oxygen atoms in total. The van der Waals surface area contributed by atoms with Crippen molar-refractivity contribution in [1.29, 1.82) is 0 Å². The minimum Gasteiger partial charge on any atom is -0.497 e. The highest BCUT2D eigenvalue weighted by Gasteiger charge is 2.23. The van der Waals surface area contributed by atoms with Crippen LogP contribution in [0.5, 0.6) is 11.5 Å². The lowest BCUT2D eigenvalue weighted by molar-refractivity contribution is -0.126. The normalized spacial score (nSPS) is 17.1. The first-order valence-electron chi connectivity index (χ1n) is 7.38. The maximum absolute atomic E-state index is 12.3. The molecule has 0 spiro atoms. The van der Waals surface area contributed by atoms with E-state index in [1.165, 1.54) is 0 Å². The second-order valence-electron chi connectivity index (χ2n) is 5.36. The smallest absolute Gasteiger partial charge is 0.223 e. The van der Waals surface area contributed by atoms with Crippen molar-refractivity contribution in [2.75, 3.05) is 27.3 Å². The number of rotatable bonds is 5. The van der Waals surface area contributed by atoms with Crippen LogP contribution < -0.4 is 20.1 Å². The zero-order valence-corrected chi connectivity index (χ0v) is 12.9. The zero-order chi connectivity index (χ0) is 15.2. The minimum atomic E-state index is -0.113. The van der Waals surface area contributed by atoms with Gasteiger partial charge >= 0.3 is 0 Å². The van der Waals surface area contributed by atoms with Crippen LogP contribution >= 0.6 is 0 Å². The van der Waals surface area contributed by atoms with Gasteiger partial charge in [-0.05, 0) is 51.1 Å². The lowest BCUT2D eigenvalue weighted by Crippen LogP contribution is -2.39. The fraction of sp³-hybridized carbons (Fsp3) is 0.562. The number of nitrogens with one attached hydrogen (secondary N) is 2. The summed E-state index contributed by atoms with van der Waals surface area (Å²) in [5.41, 5.74) is 0.930. The third-order valence-corrected chi connectivity index (χ3v) is 3.97. The molecule has 1 saturated heterocycles. The van der Waals surface area contributed by atoms with E-state index in [9.17, 15) is 4.79 Å². The van der Waals surface area contributed by atoms with Crippen molar-refractivity contribution >= 4 is 5.91 Å². The van der Waals surface area contributed by atoms with Crippen molar-refractivity contribution in [1.82, 2.24) is 10.6 Å². The van der Waals surface area contributed by atoms with Gasteiger partial charge in [-0.2, -0.15) is 0 Å². The van der Waals surface area contributed by atoms with Crippen LogP contribution in [0.15, 0.2) is 18.2 Å². The molecule has 1 aromatic rings. The summed E-state index contributed by atoms with van der Waals surface area (Å²) in [6.45, 7) is 3.79. The maximum Gasteiger partial charge on any atom is 0.223 e. The molecule has 0 saturated carbocycles. The largest absolute Gasteiger partial charge is 0.497 e. The van der Waals surface area contributed by atoms with Gasteiger partial charge in [-0.25, -0.2) is 0 Å². The molecule has 116 valence electrons. The van der Waals surface area contributed by atoms with Crippen LogP contribution in [0, 0.1) is 5.92 Å². The molecule has 1 aliphatic rings. The summed E-state index contributed by atoms with van der Waals surface area (Å²) in [6.07, 6.45) is 1.79. The third kappa shape index (κ3) is 3.88. The molecule has 0 radical (unpaired) electrons. The Kier molecular flexibility index (Phi) is 5.44. The van der Waals surface area contributed by atoms with E-state index in [4.69, 9.17) is 9.47 Å². The van der Waals surface area contributed by atoms with Crippen molar-refractivity contribution in [3.05, 3.63) is 23.8 Å². The van der Waals surface area contributed by atoms with E-state index in [1.807, 2.05) is 25.1 Å². The van der Waals surface area contributed by atoms with E-state index in [2.05, 4.69) is 10.6 Å². The molecule has 1 atom stereocenters. The zero-order valence-electron chi connectivity index (χ0n) is 12.9. The van der Waals surface area contributed by atoms with Gasteiger partial charge in [0.2, 0.25) is 5.91 Å². The van der Waals surface area contributed by atoms with Crippen LogP contribution in [-0.4, -0.2) is 33.2 Å². The van der Waals surface area contributed by atoms with Gasteiger partial charge in [0.25, 0.3) is 0 Å². The Hall–Kier alpha value is -1.75. The Bertz CT molecular complexity index is 484. The van der Waals surface area contributed by atoms with Gasteiger partial charge in [0.1, 0.15) is 11.5 Å². The van der Waals surface area contributed by atoms with Crippen molar-refractivity contribution in [2.45, 2.75) is 25.8 Å². The number of methoxy groups -OCH3 is 2. The number of carbonyl (C=O) groups excluding carboxylic acids is 1. The van der Waals surface area contributed by atoms with Crippen molar-refractivity contribution in [2.24, 2.45) is 5.92 Å². The highest BCUT2D eigenvalue weighted by atomic mass is 16.5. The summed E-state index contributed by atoms with van der Waals surface area (Å²) in [5, 5.41) is 6.36. The summed E-state index contributed by atoms with van der Waals surface area (Å²) in [5.74, 6) is 1.74. The number of hydrogen-bond acceptors (Lipinski definition) is 4. The van der Waals surface area contributed by atoms with Gasteiger partial charge in [-0.3, -0.25) is 4.79 Å². The van der Waals surface area contributed by atoms with E-state index < -0.39 is 0 Å². The average Bonchev–Trinajstić information content (AvgIpc) is 2.54. The number of ether oxygens (including phenoxy) is 2. The molecule has 1 unspecified atom stereocenters. The van der Waals surface area contributed by atoms with Crippen LogP contribution in [0.1, 0.15) is 31.4 Å². The van der Waals surface area contributed by atoms with Crippen LogP contribution in [0.2, 0.25) is 0 Å². The second kappa shape index (κ2) is 7.31. The van der Waals surface area contributed by atoms with E-state index in [0.29, 0.717) is 0 Å². The Balaban J connectivity index is 2.08. The number of benzene rings is 1. The van der Waals surface area contributed by atoms with Gasteiger partial charge in [0.15, 0.2) is 0 Å². The van der Waals surface area contributed by atoms with Crippen molar-refractivity contribution in [3.8, 4) is 11.5 Å². The molecule has 1 aromatic carbocycles. The first-order valence-corrected chi connectivity index (χ1v) is 7.38. The molecule has 21 heavy (non-hydrogen) atoms. The number of carbonyl (C=O) groups is 1. The molecule has 2 rings (SSSR count). The second-order valence-corrected chi connectivity index (χ2v) is 5.36. The highest BCUT2D eigenvalue weighted by Crippen LogP contribution is 2.29. The maximum atomic E-state index is 12.3. The topological polar surface area (TPSA) is 59.6 Å². The minimum absolute atomic E-state index is 0.102. The molecule has 1 amide bonds. The Morgan fingerprint density at radius 3 is 2.62 bits per heavy atom. The molecule has 1 fully saturated rings. The third-order valence-electron chi connectivity index (χ3n) is 3.97. The quantitative estimate of drug-likeness (QED) is 0.870. The van der Waals surface area contributed by atoms with Crippen LogP contribution in [0.4, 0.5) is 0 Å². The van der Waals surface area contributed by atoms with Gasteiger partial charge in [0, 0.05) is 11.5 Å². The standard InChI is InChI=1S/C16H24N2O3/c1-11(18-16(19)12-6-8-17-9-7-12)14-10-13(20-2)4-5-15(14)21-3/h4-5,10-12,17H,6-9H2,1-3H3,(H,18,19). The van der Waals surface area contributed by atoms with Crippen molar-refractivity contribution in [3.63, 3.8) is 0 Å². The number of amides is 1. The Morgan fingerprint density at radius 2 is 2.00 bits per heavy atom. The highest BCUT2D eigenvalue weighted by molar-refractivity contribution is 5.79. The summed E-state index contributed by atoms with van der Waals surface area (Å²) in [6, 6.07) is 5.51. The predicted molar refractivity (Wildman–Crippen MR) is 81.7 cm³/mol. The molecular weight excluding hydrogens is 268 g/mol. The van der Waals surface area contributed by atoms with Crippen LogP contribution in [0.3, 0.4) is 0 Å². The monoisotopic (exact) mass is 292 g/mol. The fourth-order valence-electron chi connectivity index (χ4n) is 2.67. The van der Waals surface area contributed by atoms with Gasteiger partial charge in [-0.15, -0.1) is 0 Å². The van der Waals surface area contributed by atoms with Crippen LogP contribution in [0.25, 0.3) is 0 Å². The van der Waals surface area contributed by atoms with Crippen LogP contribution in [-0.2, 0) is 4.79 Å². The molecule has 2 N–H and O–H groups in total. The Labute approximate surface area is 126 Å². The number of hydrogen-bond donors (Lipinski definition) is 2. The summed E-state index contributed by atoms with van der Waals surface area (Å²) >= 11 is 0. The molecule has 5 heteroatoms. The first kappa shape index (κ1) is 15.6. The summed E-state index contributed by atoms with van der Waals surface area (Å²) < 4.78 is 10.6. The summed E-state index contributed by atoms with van der Waals surface area (Å²) in [7, 11) is 3.26. The lowest BCUT2D eigenvalue weighted by atomic mass is 9.96. The van der Waals surface area contributed by atoms with E-state index in [1.54, 1.807) is 14.2 Å². The van der Waals surface area contributed by atoms with Gasteiger partial charge in [0.05, 0.1) is 20.3 Å². The molecule has 0 aromatic heterocycles. The Morgan fingerprint density at radius 1 is 1.29 bits per heavy atom. The lowest BCUT2D eigenvalue weighted by Gasteiger charge is -2.25. The van der Waals surface area contributed by atoms with Crippen molar-refractivity contribution < 1.29 is 14.3 Å². The van der Waals surface area contributed by atoms with E-state index in [-0.39, 0.29) is 17.9 Å². The average molecular weight is 292 g/mol. The first-order chi connectivity index (χ1) is 10.2. The van der Waals surface area contributed by atoms with E-state index in [0.717, 1.165) is 43.0 Å². The predicted octanol–water partition coefficient (Wildman–Crippen LogP) is 1.88. The SMILES string of the molecule is COc1ccc(OC)c(C(C)NC(=O)C2CCNCC2)c1. The van der Waals surface area contributed by atoms with E-state index >= 15 is 0 Å². The van der Waals surface area contributed by atoms with Gasteiger partial charge in [-0.1, -0.05) is 0 Å². The number of piperidine rings is 1. The molecule has 1 heterocycles. The molecule has 0 bridgehead atoms.